The van der Waals surface area contributed by atoms with Crippen molar-refractivity contribution < 1.29 is 10.0 Å². The smallest absolute Gasteiger partial charge is 0.311 e. The highest BCUT2D eigenvalue weighted by molar-refractivity contribution is 5.70. The maximum Gasteiger partial charge on any atom is 0.311 e. The van der Waals surface area contributed by atoms with Crippen LogP contribution in [0.2, 0.25) is 0 Å². The SMILES string of the molecule is N#Cc1ccnc(-c2ccc([N+](=O)[O-])c(Nc3ccc(CO)cc3)n2)c1. The van der Waals surface area contributed by atoms with Crippen molar-refractivity contribution in [3.63, 3.8) is 0 Å². The van der Waals surface area contributed by atoms with Crippen molar-refractivity contribution in [3.05, 3.63) is 76.0 Å². The molecule has 0 atom stereocenters. The number of benzene rings is 1. The lowest BCUT2D eigenvalue weighted by Crippen LogP contribution is -2.01. The van der Waals surface area contributed by atoms with E-state index in [0.717, 1.165) is 5.56 Å². The van der Waals surface area contributed by atoms with Gasteiger partial charge in [-0.2, -0.15) is 5.26 Å². The predicted octanol–water partition coefficient (Wildman–Crippen LogP) is 3.16. The summed E-state index contributed by atoms with van der Waals surface area (Å²) in [4.78, 5) is 19.2. The van der Waals surface area contributed by atoms with Crippen LogP contribution < -0.4 is 5.32 Å². The van der Waals surface area contributed by atoms with Crippen LogP contribution in [-0.4, -0.2) is 20.0 Å². The van der Waals surface area contributed by atoms with Gasteiger partial charge in [-0.3, -0.25) is 15.1 Å². The number of nitro groups is 1. The molecule has 0 bridgehead atoms. The summed E-state index contributed by atoms with van der Waals surface area (Å²) in [6.45, 7) is -0.0882. The number of nitriles is 1. The number of aliphatic hydroxyl groups excluding tert-OH is 1. The van der Waals surface area contributed by atoms with E-state index in [1.165, 1.54) is 18.3 Å². The molecule has 2 heterocycles. The Labute approximate surface area is 148 Å². The highest BCUT2D eigenvalue weighted by atomic mass is 16.6. The first-order chi connectivity index (χ1) is 12.6. The fraction of sp³-hybridized carbons (Fsp3) is 0.0556. The second-order valence-corrected chi connectivity index (χ2v) is 5.34. The minimum atomic E-state index is -0.527. The second kappa shape index (κ2) is 7.38. The molecule has 3 aromatic rings. The Morgan fingerprint density at radius 3 is 2.58 bits per heavy atom. The van der Waals surface area contributed by atoms with Crippen LogP contribution >= 0.6 is 0 Å². The lowest BCUT2D eigenvalue weighted by Gasteiger charge is -2.09. The van der Waals surface area contributed by atoms with Gasteiger partial charge in [-0.15, -0.1) is 0 Å². The largest absolute Gasteiger partial charge is 0.392 e. The zero-order chi connectivity index (χ0) is 18.5. The van der Waals surface area contributed by atoms with E-state index in [1.807, 2.05) is 6.07 Å². The molecule has 128 valence electrons. The van der Waals surface area contributed by atoms with E-state index in [4.69, 9.17) is 10.4 Å². The maximum atomic E-state index is 11.3. The summed E-state index contributed by atoms with van der Waals surface area (Å²) in [6.07, 6.45) is 1.48. The molecular weight excluding hydrogens is 334 g/mol. The van der Waals surface area contributed by atoms with Gasteiger partial charge < -0.3 is 10.4 Å². The normalized spacial score (nSPS) is 10.2. The minimum Gasteiger partial charge on any atom is -0.392 e. The van der Waals surface area contributed by atoms with Gasteiger partial charge in [-0.25, -0.2) is 4.98 Å². The lowest BCUT2D eigenvalue weighted by molar-refractivity contribution is -0.384. The van der Waals surface area contributed by atoms with Gasteiger partial charge >= 0.3 is 5.69 Å². The monoisotopic (exact) mass is 347 g/mol. The van der Waals surface area contributed by atoms with Crippen molar-refractivity contribution in [1.82, 2.24) is 9.97 Å². The van der Waals surface area contributed by atoms with Crippen LogP contribution in [0.1, 0.15) is 11.1 Å². The number of hydrogen-bond acceptors (Lipinski definition) is 7. The van der Waals surface area contributed by atoms with E-state index in [2.05, 4.69) is 15.3 Å². The number of hydrogen-bond donors (Lipinski definition) is 2. The predicted molar refractivity (Wildman–Crippen MR) is 94.5 cm³/mol. The molecule has 0 aliphatic carbocycles. The van der Waals surface area contributed by atoms with Gasteiger partial charge in [0.1, 0.15) is 0 Å². The number of nitrogens with one attached hydrogen (secondary N) is 1. The Morgan fingerprint density at radius 1 is 1.15 bits per heavy atom. The van der Waals surface area contributed by atoms with Crippen LogP contribution in [-0.2, 0) is 6.61 Å². The number of aliphatic hydroxyl groups is 1. The fourth-order valence-corrected chi connectivity index (χ4v) is 2.30. The Morgan fingerprint density at radius 2 is 1.92 bits per heavy atom. The number of anilines is 2. The summed E-state index contributed by atoms with van der Waals surface area (Å²) in [5.41, 5.74) is 2.40. The van der Waals surface area contributed by atoms with Crippen LogP contribution in [0.3, 0.4) is 0 Å². The minimum absolute atomic E-state index is 0.0633. The topological polar surface area (TPSA) is 125 Å². The summed E-state index contributed by atoms with van der Waals surface area (Å²) in [5, 5.41) is 32.3. The molecule has 0 aliphatic rings. The number of rotatable bonds is 5. The van der Waals surface area contributed by atoms with Gasteiger partial charge in [0.15, 0.2) is 0 Å². The molecule has 0 radical (unpaired) electrons. The van der Waals surface area contributed by atoms with E-state index in [1.54, 1.807) is 36.4 Å². The third kappa shape index (κ3) is 3.63. The van der Waals surface area contributed by atoms with Gasteiger partial charge in [0, 0.05) is 18.0 Å². The molecular formula is C18H13N5O3. The van der Waals surface area contributed by atoms with Crippen molar-refractivity contribution in [2.45, 2.75) is 6.61 Å². The summed E-state index contributed by atoms with van der Waals surface area (Å²) in [6, 6.07) is 14.8. The molecule has 8 nitrogen and oxygen atoms in total. The molecule has 0 spiro atoms. The highest BCUT2D eigenvalue weighted by Crippen LogP contribution is 2.29. The Balaban J connectivity index is 2.01. The van der Waals surface area contributed by atoms with E-state index in [9.17, 15) is 10.1 Å². The molecule has 8 heteroatoms. The standard InChI is InChI=1S/C18H13N5O3/c19-10-13-7-8-20-16(9-13)15-5-6-17(23(25)26)18(22-15)21-14-3-1-12(11-24)2-4-14/h1-9,24H,11H2,(H,21,22). The number of nitrogens with zero attached hydrogens (tertiary/aromatic N) is 4. The number of aromatic nitrogens is 2. The molecule has 2 aromatic heterocycles. The van der Waals surface area contributed by atoms with Crippen LogP contribution in [0.5, 0.6) is 0 Å². The van der Waals surface area contributed by atoms with Crippen molar-refractivity contribution in [1.29, 1.82) is 5.26 Å². The molecule has 0 saturated heterocycles. The first kappa shape index (κ1) is 17.0. The Kier molecular flexibility index (Phi) is 4.83. The average Bonchev–Trinajstić information content (AvgIpc) is 2.68. The second-order valence-electron chi connectivity index (χ2n) is 5.34. The first-order valence-electron chi connectivity index (χ1n) is 7.59. The zero-order valence-corrected chi connectivity index (χ0v) is 13.5. The molecule has 0 saturated carbocycles. The van der Waals surface area contributed by atoms with Crippen LogP contribution in [0.4, 0.5) is 17.2 Å². The van der Waals surface area contributed by atoms with Gasteiger partial charge in [-0.1, -0.05) is 12.1 Å². The van der Waals surface area contributed by atoms with E-state index >= 15 is 0 Å². The van der Waals surface area contributed by atoms with Crippen molar-refractivity contribution >= 4 is 17.2 Å². The molecule has 0 aliphatic heterocycles. The van der Waals surface area contributed by atoms with Crippen LogP contribution in [0, 0.1) is 21.4 Å². The first-order valence-corrected chi connectivity index (χ1v) is 7.59. The number of pyridine rings is 2. The van der Waals surface area contributed by atoms with E-state index < -0.39 is 4.92 Å². The van der Waals surface area contributed by atoms with Gasteiger partial charge in [-0.05, 0) is 35.9 Å². The van der Waals surface area contributed by atoms with Crippen molar-refractivity contribution in [2.75, 3.05) is 5.32 Å². The summed E-state index contributed by atoms with van der Waals surface area (Å²) in [7, 11) is 0. The lowest BCUT2D eigenvalue weighted by atomic mass is 10.2. The van der Waals surface area contributed by atoms with E-state index in [-0.39, 0.29) is 18.1 Å². The Hall–Kier alpha value is -3.83. The summed E-state index contributed by atoms with van der Waals surface area (Å²) in [5.74, 6) is 0.0633. The van der Waals surface area contributed by atoms with Gasteiger partial charge in [0.05, 0.1) is 34.6 Å². The van der Waals surface area contributed by atoms with Crippen molar-refractivity contribution in [2.24, 2.45) is 0 Å². The molecule has 0 amide bonds. The molecule has 3 rings (SSSR count). The fourth-order valence-electron chi connectivity index (χ4n) is 2.30. The highest BCUT2D eigenvalue weighted by Gasteiger charge is 2.17. The quantitative estimate of drug-likeness (QED) is 0.536. The van der Waals surface area contributed by atoms with Crippen LogP contribution in [0.15, 0.2) is 54.7 Å². The van der Waals surface area contributed by atoms with E-state index in [0.29, 0.717) is 22.6 Å². The molecule has 0 unspecified atom stereocenters. The summed E-state index contributed by atoms with van der Waals surface area (Å²) >= 11 is 0. The zero-order valence-electron chi connectivity index (χ0n) is 13.5. The van der Waals surface area contributed by atoms with Gasteiger partial charge in [0.25, 0.3) is 0 Å². The maximum absolute atomic E-state index is 11.3. The molecule has 2 N–H and O–H groups in total. The molecule has 1 aromatic carbocycles. The average molecular weight is 347 g/mol. The van der Waals surface area contributed by atoms with Gasteiger partial charge in [0.2, 0.25) is 5.82 Å². The molecule has 26 heavy (non-hydrogen) atoms. The summed E-state index contributed by atoms with van der Waals surface area (Å²) < 4.78 is 0. The van der Waals surface area contributed by atoms with Crippen LogP contribution in [0.25, 0.3) is 11.4 Å². The third-order valence-electron chi connectivity index (χ3n) is 3.62. The Bertz CT molecular complexity index is 996. The van der Waals surface area contributed by atoms with Crippen molar-refractivity contribution in [3.8, 4) is 17.5 Å². The third-order valence-corrected chi connectivity index (χ3v) is 3.62. The molecule has 0 fully saturated rings.